The van der Waals surface area contributed by atoms with Crippen LogP contribution in [-0.4, -0.2) is 82.4 Å². The van der Waals surface area contributed by atoms with Crippen molar-refractivity contribution in [2.75, 3.05) is 23.2 Å². The van der Waals surface area contributed by atoms with Crippen LogP contribution in [0.2, 0.25) is 5.15 Å². The SMILES string of the molecule is CCOC(=O)[C@H](CC)NP(=O)(CS(=O)(=O)C[C@H]1O[C@@H](n2ccc3c(NC4CCCC4)c(C#N)c(Cl)nc32)[C@H](O)[C@@H]1O)Oc1ccccc1. The number of aromatic nitrogens is 2. The molecule has 48 heavy (non-hydrogen) atoms. The Balaban J connectivity index is 1.39. The van der Waals surface area contributed by atoms with Gasteiger partial charge in [0.25, 0.3) is 0 Å². The van der Waals surface area contributed by atoms with Crippen molar-refractivity contribution in [2.24, 2.45) is 0 Å². The Morgan fingerprint density at radius 2 is 1.92 bits per heavy atom. The zero-order valence-electron chi connectivity index (χ0n) is 26.5. The summed E-state index contributed by atoms with van der Waals surface area (Å²) in [6.07, 6.45) is -0.278. The van der Waals surface area contributed by atoms with Gasteiger partial charge < -0.3 is 34.1 Å². The molecule has 260 valence electrons. The van der Waals surface area contributed by atoms with Crippen LogP contribution in [0.25, 0.3) is 11.0 Å². The highest BCUT2D eigenvalue weighted by Crippen LogP contribution is 2.46. The Hall–Kier alpha value is -3.22. The molecule has 0 bridgehead atoms. The molecule has 17 heteroatoms. The molecule has 3 aromatic rings. The van der Waals surface area contributed by atoms with E-state index in [0.29, 0.717) is 11.1 Å². The van der Waals surface area contributed by atoms with Crippen molar-refractivity contribution in [2.45, 2.75) is 82.6 Å². The van der Waals surface area contributed by atoms with E-state index in [4.69, 9.17) is 25.6 Å². The van der Waals surface area contributed by atoms with Gasteiger partial charge in [0.1, 0.15) is 47.4 Å². The number of carbonyl (C=O) groups is 1. The van der Waals surface area contributed by atoms with Crippen molar-refractivity contribution < 1.29 is 42.0 Å². The van der Waals surface area contributed by atoms with Gasteiger partial charge in [-0.25, -0.2) is 18.5 Å². The van der Waals surface area contributed by atoms with Crippen molar-refractivity contribution in [3.05, 3.63) is 53.3 Å². The van der Waals surface area contributed by atoms with Crippen LogP contribution < -0.4 is 14.9 Å². The fourth-order valence-corrected chi connectivity index (χ4v) is 11.3. The molecule has 1 unspecified atom stereocenters. The summed E-state index contributed by atoms with van der Waals surface area (Å²) >= 11 is 6.42. The van der Waals surface area contributed by atoms with E-state index >= 15 is 0 Å². The molecule has 4 N–H and O–H groups in total. The van der Waals surface area contributed by atoms with Gasteiger partial charge in [0.15, 0.2) is 26.7 Å². The minimum absolute atomic E-state index is 0.0625. The van der Waals surface area contributed by atoms with Gasteiger partial charge in [0, 0.05) is 17.6 Å². The molecule has 2 aromatic heterocycles. The Kier molecular flexibility index (Phi) is 11.4. The normalized spacial score (nSPS) is 23.4. The summed E-state index contributed by atoms with van der Waals surface area (Å²) in [6, 6.07) is 10.7. The number of pyridine rings is 1. The van der Waals surface area contributed by atoms with Crippen LogP contribution in [-0.2, 0) is 28.7 Å². The van der Waals surface area contributed by atoms with Crippen molar-refractivity contribution in [3.8, 4) is 11.8 Å². The zero-order valence-corrected chi connectivity index (χ0v) is 29.0. The minimum Gasteiger partial charge on any atom is -0.465 e. The van der Waals surface area contributed by atoms with Crippen LogP contribution >= 0.6 is 19.1 Å². The number of fused-ring (bicyclic) bond motifs is 1. The molecule has 1 aliphatic carbocycles. The van der Waals surface area contributed by atoms with E-state index < -0.39 is 65.2 Å². The maximum absolute atomic E-state index is 14.1. The van der Waals surface area contributed by atoms with E-state index in [2.05, 4.69) is 21.5 Å². The van der Waals surface area contributed by atoms with Crippen LogP contribution in [0.5, 0.6) is 5.75 Å². The van der Waals surface area contributed by atoms with E-state index in [1.54, 1.807) is 44.3 Å². The molecule has 5 rings (SSSR count). The lowest BCUT2D eigenvalue weighted by Crippen LogP contribution is -2.40. The van der Waals surface area contributed by atoms with Crippen molar-refractivity contribution in [1.82, 2.24) is 14.6 Å². The number of benzene rings is 1. The molecule has 1 aromatic carbocycles. The van der Waals surface area contributed by atoms with Gasteiger partial charge in [-0.2, -0.15) is 5.26 Å². The number of aliphatic hydroxyl groups is 2. The maximum atomic E-state index is 14.1. The average Bonchev–Trinajstić information content (AvgIpc) is 3.77. The van der Waals surface area contributed by atoms with Crippen LogP contribution in [0.15, 0.2) is 42.6 Å². The summed E-state index contributed by atoms with van der Waals surface area (Å²) < 4.78 is 59.4. The fourth-order valence-electron chi connectivity index (χ4n) is 6.06. The topological polar surface area (TPSA) is 202 Å². The van der Waals surface area contributed by atoms with E-state index in [1.807, 2.05) is 0 Å². The van der Waals surface area contributed by atoms with Crippen LogP contribution in [0.3, 0.4) is 0 Å². The maximum Gasteiger partial charge on any atom is 0.332 e. The lowest BCUT2D eigenvalue weighted by Gasteiger charge is -2.25. The van der Waals surface area contributed by atoms with Crippen LogP contribution in [0.1, 0.15) is 57.7 Å². The summed E-state index contributed by atoms with van der Waals surface area (Å²) in [6.45, 7) is 3.32. The van der Waals surface area contributed by atoms with Crippen molar-refractivity contribution in [3.63, 3.8) is 0 Å². The number of nitrogens with zero attached hydrogens (tertiary/aromatic N) is 3. The number of anilines is 1. The summed E-state index contributed by atoms with van der Waals surface area (Å²) in [5.41, 5.74) is -0.113. The van der Waals surface area contributed by atoms with Crippen molar-refractivity contribution in [1.29, 1.82) is 5.26 Å². The average molecular weight is 724 g/mol. The fraction of sp³-hybridized carbons (Fsp3) is 0.516. The summed E-state index contributed by atoms with van der Waals surface area (Å²) in [4.78, 5) is 16.9. The number of halogens is 1. The van der Waals surface area contributed by atoms with Gasteiger partial charge in [-0.05, 0) is 44.4 Å². The number of para-hydroxylation sites is 1. The first kappa shape index (κ1) is 36.1. The highest BCUT2D eigenvalue weighted by molar-refractivity contribution is 7.98. The number of carbonyl (C=O) groups excluding carboxylic acids is 1. The minimum atomic E-state index is -4.35. The second-order valence-corrected chi connectivity index (χ2v) is 16.9. The molecular weight excluding hydrogens is 685 g/mol. The van der Waals surface area contributed by atoms with E-state index in [9.17, 15) is 33.3 Å². The molecule has 1 aliphatic heterocycles. The molecule has 6 atom stereocenters. The summed E-state index contributed by atoms with van der Waals surface area (Å²) in [5, 5.41) is 38.3. The summed E-state index contributed by atoms with van der Waals surface area (Å²) in [7, 11) is -8.69. The lowest BCUT2D eigenvalue weighted by atomic mass is 10.1. The molecular formula is C31H39ClN5O9PS. The first-order valence-electron chi connectivity index (χ1n) is 15.8. The molecule has 1 saturated carbocycles. The highest BCUT2D eigenvalue weighted by atomic mass is 35.5. The number of nitrogens with one attached hydrogen (secondary N) is 2. The molecule has 3 heterocycles. The standard InChI is InChI=1S/C31H39ClN5O9PS/c1-3-23(31(40)44-4-2)36-47(41,46-20-12-6-5-7-13-20)18-48(42,43)17-24-26(38)27(39)30(45-24)37-15-14-21-25(34-19-10-8-9-11-19)22(16-33)28(32)35-29(21)37/h5-7,12-15,19,23-24,26-27,30,38-39H,3-4,8-11,17-18H2,1-2H3,(H,34,35)(H,36,41)/t23-,24+,26+,27+,30+,47?/m0/s1. The molecule has 0 spiro atoms. The van der Waals surface area contributed by atoms with E-state index in [0.717, 1.165) is 25.7 Å². The molecule has 14 nitrogen and oxygen atoms in total. The second kappa shape index (κ2) is 15.1. The number of esters is 1. The predicted molar refractivity (Wildman–Crippen MR) is 178 cm³/mol. The van der Waals surface area contributed by atoms with Crippen molar-refractivity contribution >= 4 is 51.6 Å². The van der Waals surface area contributed by atoms with E-state index in [-0.39, 0.29) is 41.2 Å². The van der Waals surface area contributed by atoms with Crippen LogP contribution in [0, 0.1) is 11.3 Å². The molecule has 2 aliphatic rings. The highest BCUT2D eigenvalue weighted by Gasteiger charge is 2.47. The Morgan fingerprint density at radius 3 is 2.56 bits per heavy atom. The second-order valence-electron chi connectivity index (χ2n) is 11.9. The largest absolute Gasteiger partial charge is 0.465 e. The number of ether oxygens (including phenoxy) is 2. The van der Waals surface area contributed by atoms with Gasteiger partial charge in [0.05, 0.1) is 18.0 Å². The predicted octanol–water partition coefficient (Wildman–Crippen LogP) is 4.11. The first-order valence-corrected chi connectivity index (χ1v) is 19.8. The number of sulfone groups is 1. The van der Waals surface area contributed by atoms with Gasteiger partial charge in [-0.15, -0.1) is 0 Å². The number of aliphatic hydroxyl groups excluding tert-OH is 2. The van der Waals surface area contributed by atoms with Gasteiger partial charge >= 0.3 is 13.5 Å². The Labute approximate surface area is 283 Å². The number of hydrogen-bond donors (Lipinski definition) is 4. The van der Waals surface area contributed by atoms with Gasteiger partial charge in [-0.3, -0.25) is 9.36 Å². The Morgan fingerprint density at radius 1 is 1.21 bits per heavy atom. The third-order valence-corrected chi connectivity index (χ3v) is 13.6. The smallest absolute Gasteiger partial charge is 0.332 e. The van der Waals surface area contributed by atoms with Gasteiger partial charge in [0.2, 0.25) is 0 Å². The third kappa shape index (κ3) is 7.97. The molecule has 2 fully saturated rings. The van der Waals surface area contributed by atoms with E-state index in [1.165, 1.54) is 16.7 Å². The molecule has 0 radical (unpaired) electrons. The molecule has 1 saturated heterocycles. The lowest BCUT2D eigenvalue weighted by molar-refractivity contribution is -0.145. The first-order chi connectivity index (χ1) is 22.9. The van der Waals surface area contributed by atoms with Crippen LogP contribution in [0.4, 0.5) is 5.69 Å². The summed E-state index contributed by atoms with van der Waals surface area (Å²) in [5.74, 6) is -1.44. The number of rotatable bonds is 14. The number of nitriles is 1. The zero-order chi connectivity index (χ0) is 34.6. The molecule has 0 amide bonds. The monoisotopic (exact) mass is 723 g/mol. The quantitative estimate of drug-likeness (QED) is 0.105. The number of hydrogen-bond acceptors (Lipinski definition) is 12. The van der Waals surface area contributed by atoms with Gasteiger partial charge in [-0.1, -0.05) is 49.6 Å². The Bertz CT molecular complexity index is 1810. The third-order valence-electron chi connectivity index (χ3n) is 8.36.